The van der Waals surface area contributed by atoms with E-state index >= 15 is 0 Å². The van der Waals surface area contributed by atoms with E-state index in [0.717, 1.165) is 42.0 Å². The Morgan fingerprint density at radius 2 is 1.96 bits per heavy atom. The Bertz CT molecular complexity index is 957. The van der Waals surface area contributed by atoms with Gasteiger partial charge in [-0.3, -0.25) is 5.10 Å². The standard InChI is InChI=1S/C21H24N4OS/c1-3-4-9-20-23-24-21(27)25(20)22-14-18-7-5-6-8-19(18)26-15-17-12-10-16(2)11-13-17/h5-8,10-14H,3-4,9,15H2,1-2H3,(H,24,27)/b22-14-. The molecule has 3 rings (SSSR count). The van der Waals surface area contributed by atoms with Crippen molar-refractivity contribution in [3.05, 3.63) is 75.8 Å². The van der Waals surface area contributed by atoms with Crippen LogP contribution in [0.2, 0.25) is 0 Å². The second kappa shape index (κ2) is 9.28. The SMILES string of the molecule is CCCCc1n[nH]c(=S)n1/N=C\c1ccccc1OCc1ccc(C)cc1. The molecule has 1 heterocycles. The molecule has 0 spiro atoms. The molecule has 0 atom stereocenters. The number of para-hydroxylation sites is 1. The van der Waals surface area contributed by atoms with Crippen molar-refractivity contribution in [1.29, 1.82) is 0 Å². The number of nitrogens with one attached hydrogen (secondary N) is 1. The zero-order valence-corrected chi connectivity index (χ0v) is 16.5. The molecule has 0 saturated carbocycles. The molecule has 0 aliphatic heterocycles. The van der Waals surface area contributed by atoms with Gasteiger partial charge in [0.05, 0.1) is 6.21 Å². The minimum absolute atomic E-state index is 0.496. The lowest BCUT2D eigenvalue weighted by Crippen LogP contribution is -2.01. The number of aromatic amines is 1. The fourth-order valence-electron chi connectivity index (χ4n) is 2.62. The fourth-order valence-corrected chi connectivity index (χ4v) is 2.82. The van der Waals surface area contributed by atoms with Crippen molar-refractivity contribution in [3.8, 4) is 5.75 Å². The first-order valence-corrected chi connectivity index (χ1v) is 9.56. The van der Waals surface area contributed by atoms with Gasteiger partial charge in [-0.15, -0.1) is 0 Å². The summed E-state index contributed by atoms with van der Waals surface area (Å²) in [6.45, 7) is 4.74. The van der Waals surface area contributed by atoms with Gasteiger partial charge in [0.15, 0.2) is 5.82 Å². The van der Waals surface area contributed by atoms with E-state index in [-0.39, 0.29) is 0 Å². The normalized spacial score (nSPS) is 11.2. The van der Waals surface area contributed by atoms with Crippen LogP contribution in [0.5, 0.6) is 5.75 Å². The Morgan fingerprint density at radius 1 is 1.19 bits per heavy atom. The number of unbranched alkanes of at least 4 members (excludes halogenated alkanes) is 1. The van der Waals surface area contributed by atoms with Crippen molar-refractivity contribution in [2.45, 2.75) is 39.7 Å². The summed E-state index contributed by atoms with van der Waals surface area (Å²) in [6, 6.07) is 16.2. The predicted molar refractivity (Wildman–Crippen MR) is 111 cm³/mol. The number of H-pyrrole nitrogens is 1. The van der Waals surface area contributed by atoms with Crippen LogP contribution in [0.4, 0.5) is 0 Å². The number of hydrogen-bond acceptors (Lipinski definition) is 4. The van der Waals surface area contributed by atoms with Crippen molar-refractivity contribution < 1.29 is 4.74 Å². The van der Waals surface area contributed by atoms with Crippen LogP contribution in [0, 0.1) is 11.7 Å². The molecule has 0 saturated heterocycles. The summed E-state index contributed by atoms with van der Waals surface area (Å²) in [5.41, 5.74) is 3.27. The smallest absolute Gasteiger partial charge is 0.216 e. The molecule has 0 aliphatic carbocycles. The maximum Gasteiger partial charge on any atom is 0.216 e. The molecule has 0 unspecified atom stereocenters. The Balaban J connectivity index is 1.76. The number of aromatic nitrogens is 3. The zero-order chi connectivity index (χ0) is 19.1. The van der Waals surface area contributed by atoms with Gasteiger partial charge in [-0.05, 0) is 43.3 Å². The lowest BCUT2D eigenvalue weighted by Gasteiger charge is -2.09. The van der Waals surface area contributed by atoms with Crippen LogP contribution in [0.1, 0.15) is 42.3 Å². The minimum Gasteiger partial charge on any atom is -0.488 e. The third-order valence-electron chi connectivity index (χ3n) is 4.22. The molecule has 0 fully saturated rings. The Morgan fingerprint density at radius 3 is 2.74 bits per heavy atom. The van der Waals surface area contributed by atoms with E-state index in [1.54, 1.807) is 10.9 Å². The van der Waals surface area contributed by atoms with Crippen LogP contribution in [-0.2, 0) is 13.0 Å². The van der Waals surface area contributed by atoms with Gasteiger partial charge in [0.2, 0.25) is 4.77 Å². The van der Waals surface area contributed by atoms with Crippen molar-refractivity contribution >= 4 is 18.4 Å². The Labute approximate surface area is 164 Å². The van der Waals surface area contributed by atoms with Crippen molar-refractivity contribution in [1.82, 2.24) is 14.9 Å². The minimum atomic E-state index is 0.496. The molecule has 0 bridgehead atoms. The van der Waals surface area contributed by atoms with Crippen LogP contribution in [-0.4, -0.2) is 21.1 Å². The predicted octanol–water partition coefficient (Wildman–Crippen LogP) is 5.05. The van der Waals surface area contributed by atoms with Gasteiger partial charge in [-0.2, -0.15) is 14.9 Å². The molecule has 27 heavy (non-hydrogen) atoms. The number of nitrogens with zero attached hydrogens (tertiary/aromatic N) is 3. The quantitative estimate of drug-likeness (QED) is 0.439. The van der Waals surface area contributed by atoms with Crippen LogP contribution in [0.25, 0.3) is 0 Å². The second-order valence-corrected chi connectivity index (χ2v) is 6.80. The summed E-state index contributed by atoms with van der Waals surface area (Å²) in [5, 5.41) is 11.6. The maximum absolute atomic E-state index is 6.01. The zero-order valence-electron chi connectivity index (χ0n) is 15.7. The van der Waals surface area contributed by atoms with Gasteiger partial charge in [0.25, 0.3) is 0 Å². The third kappa shape index (κ3) is 5.14. The highest BCUT2D eigenvalue weighted by Gasteiger charge is 2.06. The average molecular weight is 381 g/mol. The first-order chi connectivity index (χ1) is 13.2. The van der Waals surface area contributed by atoms with E-state index in [1.807, 2.05) is 24.3 Å². The first-order valence-electron chi connectivity index (χ1n) is 9.15. The van der Waals surface area contributed by atoms with E-state index < -0.39 is 0 Å². The number of benzene rings is 2. The molecule has 1 N–H and O–H groups in total. The lowest BCUT2D eigenvalue weighted by atomic mass is 10.1. The van der Waals surface area contributed by atoms with Crippen molar-refractivity contribution in [2.24, 2.45) is 5.10 Å². The molecule has 0 amide bonds. The van der Waals surface area contributed by atoms with E-state index in [0.29, 0.717) is 11.4 Å². The molecular weight excluding hydrogens is 356 g/mol. The van der Waals surface area contributed by atoms with Gasteiger partial charge < -0.3 is 4.74 Å². The first kappa shape index (κ1) is 19.0. The molecule has 5 nitrogen and oxygen atoms in total. The summed E-state index contributed by atoms with van der Waals surface area (Å²) in [4.78, 5) is 0. The maximum atomic E-state index is 6.01. The second-order valence-electron chi connectivity index (χ2n) is 6.42. The Hall–Kier alpha value is -2.73. The lowest BCUT2D eigenvalue weighted by molar-refractivity contribution is 0.306. The summed E-state index contributed by atoms with van der Waals surface area (Å²) < 4.78 is 8.19. The molecule has 6 heteroatoms. The molecular formula is C21H24N4OS. The van der Waals surface area contributed by atoms with Crippen LogP contribution in [0.3, 0.4) is 0 Å². The Kier molecular flexibility index (Phi) is 6.54. The van der Waals surface area contributed by atoms with Gasteiger partial charge in [-0.1, -0.05) is 55.3 Å². The topological polar surface area (TPSA) is 55.2 Å². The van der Waals surface area contributed by atoms with Gasteiger partial charge in [0, 0.05) is 12.0 Å². The highest BCUT2D eigenvalue weighted by molar-refractivity contribution is 7.71. The number of ether oxygens (including phenoxy) is 1. The van der Waals surface area contributed by atoms with Gasteiger partial charge in [-0.25, -0.2) is 0 Å². The summed E-state index contributed by atoms with van der Waals surface area (Å²) >= 11 is 5.30. The van der Waals surface area contributed by atoms with Gasteiger partial charge >= 0.3 is 0 Å². The molecule has 0 aliphatic rings. The fraction of sp³-hybridized carbons (Fsp3) is 0.286. The summed E-state index contributed by atoms with van der Waals surface area (Å²) in [7, 11) is 0. The van der Waals surface area contributed by atoms with E-state index in [1.165, 1.54) is 5.56 Å². The highest BCUT2D eigenvalue weighted by Crippen LogP contribution is 2.18. The third-order valence-corrected chi connectivity index (χ3v) is 4.48. The summed E-state index contributed by atoms with van der Waals surface area (Å²) in [6.07, 6.45) is 4.75. The largest absolute Gasteiger partial charge is 0.488 e. The molecule has 2 aromatic carbocycles. The number of rotatable bonds is 8. The highest BCUT2D eigenvalue weighted by atomic mass is 32.1. The molecule has 140 valence electrons. The van der Waals surface area contributed by atoms with E-state index in [9.17, 15) is 0 Å². The van der Waals surface area contributed by atoms with Crippen molar-refractivity contribution in [3.63, 3.8) is 0 Å². The molecule has 0 radical (unpaired) electrons. The summed E-state index contributed by atoms with van der Waals surface area (Å²) in [5.74, 6) is 1.63. The van der Waals surface area contributed by atoms with Crippen molar-refractivity contribution in [2.75, 3.05) is 0 Å². The molecule has 1 aromatic heterocycles. The van der Waals surface area contributed by atoms with E-state index in [2.05, 4.69) is 53.4 Å². The van der Waals surface area contributed by atoms with Crippen LogP contribution < -0.4 is 4.74 Å². The monoisotopic (exact) mass is 380 g/mol. The van der Waals surface area contributed by atoms with Crippen LogP contribution in [0.15, 0.2) is 53.6 Å². The number of aryl methyl sites for hydroxylation is 2. The van der Waals surface area contributed by atoms with Gasteiger partial charge in [0.1, 0.15) is 12.4 Å². The average Bonchev–Trinajstić information content (AvgIpc) is 3.04. The van der Waals surface area contributed by atoms with Crippen LogP contribution >= 0.6 is 12.2 Å². The van der Waals surface area contributed by atoms with E-state index in [4.69, 9.17) is 17.0 Å². The molecule has 3 aromatic rings. The number of hydrogen-bond donors (Lipinski definition) is 1.